The minimum atomic E-state index is -3.05. The molecule has 7 heteroatoms. The zero-order valence-electron chi connectivity index (χ0n) is 10.9. The van der Waals surface area contributed by atoms with Crippen LogP contribution in [0, 0.1) is 0 Å². The van der Waals surface area contributed by atoms with E-state index in [1.165, 1.54) is 4.68 Å². The van der Waals surface area contributed by atoms with E-state index in [1.54, 1.807) is 6.92 Å². The summed E-state index contributed by atoms with van der Waals surface area (Å²) in [6.45, 7) is 5.54. The largest absolute Gasteiger partial charge is 0.391 e. The van der Waals surface area contributed by atoms with Gasteiger partial charge in [0.1, 0.15) is 5.15 Å². The summed E-state index contributed by atoms with van der Waals surface area (Å²) in [5.41, 5.74) is 1.30. The molecule has 0 aromatic carbocycles. The van der Waals surface area contributed by atoms with Gasteiger partial charge in [-0.1, -0.05) is 32.4 Å². The Hall–Kier alpha value is -0.590. The number of aliphatic hydroxyl groups is 1. The van der Waals surface area contributed by atoms with Gasteiger partial charge in [0.2, 0.25) is 0 Å². The minimum Gasteiger partial charge on any atom is -0.391 e. The summed E-state index contributed by atoms with van der Waals surface area (Å²) in [5, 5.41) is 13.9. The number of aryl methyl sites for hydroxylation is 1. The molecule has 0 atom stereocenters. The molecule has 0 saturated carbocycles. The van der Waals surface area contributed by atoms with E-state index in [0.717, 1.165) is 5.69 Å². The van der Waals surface area contributed by atoms with Crippen LogP contribution in [-0.2, 0) is 23.0 Å². The van der Waals surface area contributed by atoms with E-state index in [-0.39, 0.29) is 30.6 Å². The number of nitrogens with zero attached hydrogens (tertiary/aromatic N) is 2. The van der Waals surface area contributed by atoms with Crippen LogP contribution in [0.5, 0.6) is 0 Å². The Morgan fingerprint density at radius 1 is 1.44 bits per heavy atom. The molecule has 0 spiro atoms. The third kappa shape index (κ3) is 3.46. The van der Waals surface area contributed by atoms with Gasteiger partial charge in [0.25, 0.3) is 0 Å². The second kappa shape index (κ2) is 6.04. The van der Waals surface area contributed by atoms with Gasteiger partial charge in [-0.05, 0) is 5.92 Å². The van der Waals surface area contributed by atoms with Gasteiger partial charge in [-0.3, -0.25) is 4.68 Å². The zero-order chi connectivity index (χ0) is 13.9. The molecule has 0 amide bonds. The van der Waals surface area contributed by atoms with E-state index in [1.807, 2.05) is 13.8 Å². The number of aliphatic hydroxyl groups excluding tert-OH is 1. The van der Waals surface area contributed by atoms with E-state index >= 15 is 0 Å². The molecule has 0 saturated heterocycles. The fourth-order valence-electron chi connectivity index (χ4n) is 1.62. The van der Waals surface area contributed by atoms with E-state index in [0.29, 0.717) is 10.7 Å². The first-order chi connectivity index (χ1) is 8.32. The highest BCUT2D eigenvalue weighted by atomic mass is 35.5. The molecule has 0 radical (unpaired) electrons. The first-order valence-electron chi connectivity index (χ1n) is 5.88. The Bertz CT molecular complexity index is 509. The molecule has 1 aromatic heterocycles. The number of hydrogen-bond acceptors (Lipinski definition) is 4. The molecule has 5 nitrogen and oxygen atoms in total. The fourth-order valence-corrected chi connectivity index (χ4v) is 2.64. The first kappa shape index (κ1) is 15.5. The van der Waals surface area contributed by atoms with Crippen molar-refractivity contribution in [2.24, 2.45) is 0 Å². The monoisotopic (exact) mass is 294 g/mol. The van der Waals surface area contributed by atoms with Gasteiger partial charge in [0.05, 0.1) is 24.6 Å². The summed E-state index contributed by atoms with van der Waals surface area (Å²) >= 11 is 6.09. The van der Waals surface area contributed by atoms with Gasteiger partial charge in [-0.25, -0.2) is 8.42 Å². The molecule has 1 N–H and O–H groups in total. The average molecular weight is 295 g/mol. The molecular weight excluding hydrogens is 276 g/mol. The number of aromatic nitrogens is 2. The quantitative estimate of drug-likeness (QED) is 0.865. The molecule has 0 aliphatic rings. The average Bonchev–Trinajstić information content (AvgIpc) is 2.63. The summed E-state index contributed by atoms with van der Waals surface area (Å²) in [6, 6.07) is 0. The Labute approximate surface area is 113 Å². The lowest BCUT2D eigenvalue weighted by atomic mass is 10.1. The highest BCUT2D eigenvalue weighted by Crippen LogP contribution is 2.25. The Morgan fingerprint density at radius 3 is 2.44 bits per heavy atom. The number of sulfone groups is 1. The molecule has 1 heterocycles. The van der Waals surface area contributed by atoms with Crippen LogP contribution < -0.4 is 0 Å². The van der Waals surface area contributed by atoms with Crippen LogP contribution >= 0.6 is 11.6 Å². The van der Waals surface area contributed by atoms with E-state index in [9.17, 15) is 13.5 Å². The number of halogens is 1. The molecule has 0 bridgehead atoms. The van der Waals surface area contributed by atoms with Gasteiger partial charge in [0, 0.05) is 11.3 Å². The summed E-state index contributed by atoms with van der Waals surface area (Å²) in [7, 11) is -3.05. The Kier molecular flexibility index (Phi) is 5.19. The third-order valence-corrected chi connectivity index (χ3v) is 4.88. The molecule has 104 valence electrons. The standard InChI is InChI=1S/C11H19ClN2O3S/c1-4-18(16,17)6-5-14-11(12)9(7-15)10(13-14)8(2)3/h8,15H,4-7H2,1-3H3. The molecular formula is C11H19ClN2O3S. The van der Waals surface area contributed by atoms with Gasteiger partial charge in [-0.2, -0.15) is 5.10 Å². The maximum Gasteiger partial charge on any atom is 0.151 e. The van der Waals surface area contributed by atoms with Gasteiger partial charge >= 0.3 is 0 Å². The summed E-state index contributed by atoms with van der Waals surface area (Å²) in [5.74, 6) is 0.247. The van der Waals surface area contributed by atoms with Crippen LogP contribution in [0.4, 0.5) is 0 Å². The van der Waals surface area contributed by atoms with Crippen molar-refractivity contribution in [2.75, 3.05) is 11.5 Å². The maximum atomic E-state index is 11.4. The van der Waals surface area contributed by atoms with Crippen molar-refractivity contribution < 1.29 is 13.5 Å². The lowest BCUT2D eigenvalue weighted by Gasteiger charge is -2.03. The maximum absolute atomic E-state index is 11.4. The normalized spacial score (nSPS) is 12.3. The second-order valence-electron chi connectivity index (χ2n) is 4.43. The first-order valence-corrected chi connectivity index (χ1v) is 8.08. The van der Waals surface area contributed by atoms with Crippen molar-refractivity contribution in [3.63, 3.8) is 0 Å². The van der Waals surface area contributed by atoms with Gasteiger partial charge in [0.15, 0.2) is 9.84 Å². The van der Waals surface area contributed by atoms with E-state index in [4.69, 9.17) is 11.6 Å². The molecule has 0 aliphatic heterocycles. The van der Waals surface area contributed by atoms with Gasteiger partial charge < -0.3 is 5.11 Å². The topological polar surface area (TPSA) is 72.2 Å². The van der Waals surface area contributed by atoms with Crippen LogP contribution in [0.25, 0.3) is 0 Å². The smallest absolute Gasteiger partial charge is 0.151 e. The molecule has 0 aliphatic carbocycles. The molecule has 0 fully saturated rings. The lowest BCUT2D eigenvalue weighted by molar-refractivity contribution is 0.280. The summed E-state index contributed by atoms with van der Waals surface area (Å²) in [6.07, 6.45) is 0. The third-order valence-electron chi connectivity index (χ3n) is 2.77. The second-order valence-corrected chi connectivity index (χ2v) is 7.26. The SMILES string of the molecule is CCS(=O)(=O)CCn1nc(C(C)C)c(CO)c1Cl. The van der Waals surface area contributed by atoms with Gasteiger partial charge in [-0.15, -0.1) is 0 Å². The minimum absolute atomic E-state index is 0.00725. The van der Waals surface area contributed by atoms with E-state index < -0.39 is 9.84 Å². The lowest BCUT2D eigenvalue weighted by Crippen LogP contribution is -2.15. The molecule has 18 heavy (non-hydrogen) atoms. The predicted molar refractivity (Wildman–Crippen MR) is 71.6 cm³/mol. The molecule has 1 rings (SSSR count). The van der Waals surface area contributed by atoms with Crippen molar-refractivity contribution in [2.45, 2.75) is 39.8 Å². The van der Waals surface area contributed by atoms with Crippen LogP contribution in [0.1, 0.15) is 37.9 Å². The van der Waals surface area contributed by atoms with E-state index in [2.05, 4.69) is 5.10 Å². The zero-order valence-corrected chi connectivity index (χ0v) is 12.4. The Balaban J connectivity index is 2.98. The number of rotatable bonds is 6. The van der Waals surface area contributed by atoms with Crippen molar-refractivity contribution in [1.29, 1.82) is 0 Å². The van der Waals surface area contributed by atoms with Crippen LogP contribution in [0.15, 0.2) is 0 Å². The highest BCUT2D eigenvalue weighted by Gasteiger charge is 2.19. The van der Waals surface area contributed by atoms with Crippen LogP contribution in [0.3, 0.4) is 0 Å². The number of hydrogen-bond donors (Lipinski definition) is 1. The van der Waals surface area contributed by atoms with Crippen molar-refractivity contribution in [1.82, 2.24) is 9.78 Å². The summed E-state index contributed by atoms with van der Waals surface area (Å²) in [4.78, 5) is 0. The van der Waals surface area contributed by atoms with Crippen LogP contribution in [0.2, 0.25) is 5.15 Å². The summed E-state index contributed by atoms with van der Waals surface area (Å²) < 4.78 is 24.3. The van der Waals surface area contributed by atoms with Crippen molar-refractivity contribution in [3.05, 3.63) is 16.4 Å². The fraction of sp³-hybridized carbons (Fsp3) is 0.727. The predicted octanol–water partition coefficient (Wildman–Crippen LogP) is 1.59. The van der Waals surface area contributed by atoms with Crippen molar-refractivity contribution >= 4 is 21.4 Å². The highest BCUT2D eigenvalue weighted by molar-refractivity contribution is 7.91. The van der Waals surface area contributed by atoms with Crippen LogP contribution in [-0.4, -0.2) is 34.8 Å². The molecule has 1 aromatic rings. The molecule has 0 unspecified atom stereocenters. The van der Waals surface area contributed by atoms with Crippen molar-refractivity contribution in [3.8, 4) is 0 Å². The Morgan fingerprint density at radius 2 is 2.06 bits per heavy atom.